The minimum Gasteiger partial charge on any atom is -0.309 e. The first-order valence-electron chi connectivity index (χ1n) is 15.1. The van der Waals surface area contributed by atoms with Crippen LogP contribution in [0.5, 0.6) is 0 Å². The standard InChI is InChI=1S/C42H28N2/c1-4-12-29(13-5-1)31-20-23-34(24-21-31)43-39-19-11-10-18-35(39)37-27-42-38(28-41(37)43)36-25-22-32(30-14-6-2-7-15-30)26-40(36)44(42)33-16-8-3-9-17-33/h1-28H. The van der Waals surface area contributed by atoms with Crippen molar-refractivity contribution in [3.63, 3.8) is 0 Å². The predicted octanol–water partition coefficient (Wildman–Crippen LogP) is 11.2. The SMILES string of the molecule is c1ccc(-c2ccc(-n3c4ccccc4c4cc5c(cc43)c3ccc(-c4ccccc4)cc3n5-c3ccccc3)cc2)cc1. The predicted molar refractivity (Wildman–Crippen MR) is 186 cm³/mol. The Labute approximate surface area is 255 Å². The van der Waals surface area contributed by atoms with Gasteiger partial charge in [0, 0.05) is 32.9 Å². The molecule has 0 aliphatic rings. The molecule has 0 aliphatic carbocycles. The third-order valence-electron chi connectivity index (χ3n) is 8.91. The fourth-order valence-corrected chi connectivity index (χ4v) is 6.86. The summed E-state index contributed by atoms with van der Waals surface area (Å²) in [6, 6.07) is 61.4. The van der Waals surface area contributed by atoms with Crippen LogP contribution in [0.3, 0.4) is 0 Å². The first-order chi connectivity index (χ1) is 21.8. The second-order valence-corrected chi connectivity index (χ2v) is 11.4. The van der Waals surface area contributed by atoms with Crippen LogP contribution in [0.2, 0.25) is 0 Å². The van der Waals surface area contributed by atoms with E-state index in [1.54, 1.807) is 0 Å². The number of nitrogens with zero attached hydrogens (tertiary/aromatic N) is 2. The molecule has 0 unspecified atom stereocenters. The Morgan fingerprint density at radius 2 is 0.682 bits per heavy atom. The molecule has 2 nitrogen and oxygen atoms in total. The lowest BCUT2D eigenvalue weighted by Gasteiger charge is -2.10. The Balaban J connectivity index is 1.34. The van der Waals surface area contributed by atoms with Crippen molar-refractivity contribution in [2.75, 3.05) is 0 Å². The summed E-state index contributed by atoms with van der Waals surface area (Å²) in [5.74, 6) is 0. The number of benzene rings is 7. The average Bonchev–Trinajstić information content (AvgIpc) is 3.60. The van der Waals surface area contributed by atoms with Crippen molar-refractivity contribution in [1.82, 2.24) is 9.13 Å². The largest absolute Gasteiger partial charge is 0.309 e. The van der Waals surface area contributed by atoms with Gasteiger partial charge in [-0.05, 0) is 70.8 Å². The van der Waals surface area contributed by atoms with E-state index < -0.39 is 0 Å². The van der Waals surface area contributed by atoms with Gasteiger partial charge in [0.2, 0.25) is 0 Å². The molecule has 9 aromatic rings. The minimum absolute atomic E-state index is 1.16. The van der Waals surface area contributed by atoms with Gasteiger partial charge in [0.05, 0.1) is 22.1 Å². The number of fused-ring (bicyclic) bond motifs is 6. The van der Waals surface area contributed by atoms with Crippen LogP contribution < -0.4 is 0 Å². The molecule has 9 rings (SSSR count). The molecule has 0 saturated carbocycles. The van der Waals surface area contributed by atoms with E-state index in [-0.39, 0.29) is 0 Å². The first kappa shape index (κ1) is 24.7. The zero-order valence-electron chi connectivity index (χ0n) is 24.1. The Morgan fingerprint density at radius 1 is 0.250 bits per heavy atom. The van der Waals surface area contributed by atoms with Crippen molar-refractivity contribution in [3.05, 3.63) is 170 Å². The van der Waals surface area contributed by atoms with E-state index in [2.05, 4.69) is 179 Å². The second kappa shape index (κ2) is 9.86. The molecule has 0 spiro atoms. The molecule has 0 saturated heterocycles. The molecular formula is C42H28N2. The highest BCUT2D eigenvalue weighted by Gasteiger charge is 2.19. The third kappa shape index (κ3) is 3.82. The van der Waals surface area contributed by atoms with E-state index in [1.807, 2.05) is 0 Å². The molecule has 44 heavy (non-hydrogen) atoms. The van der Waals surface area contributed by atoms with Gasteiger partial charge in [-0.15, -0.1) is 0 Å². The van der Waals surface area contributed by atoms with Gasteiger partial charge in [-0.1, -0.05) is 121 Å². The van der Waals surface area contributed by atoms with Crippen molar-refractivity contribution in [2.45, 2.75) is 0 Å². The summed E-state index contributed by atoms with van der Waals surface area (Å²) in [4.78, 5) is 0. The van der Waals surface area contributed by atoms with Gasteiger partial charge in [0.25, 0.3) is 0 Å². The molecule has 7 aromatic carbocycles. The number of hydrogen-bond acceptors (Lipinski definition) is 0. The van der Waals surface area contributed by atoms with Crippen LogP contribution in [0, 0.1) is 0 Å². The molecular weight excluding hydrogens is 532 g/mol. The first-order valence-corrected chi connectivity index (χ1v) is 15.1. The summed E-state index contributed by atoms with van der Waals surface area (Å²) in [6.07, 6.45) is 0. The van der Waals surface area contributed by atoms with Gasteiger partial charge in [-0.25, -0.2) is 0 Å². The monoisotopic (exact) mass is 560 g/mol. The van der Waals surface area contributed by atoms with Gasteiger partial charge in [0.1, 0.15) is 0 Å². The minimum atomic E-state index is 1.16. The molecule has 0 aliphatic heterocycles. The van der Waals surface area contributed by atoms with Gasteiger partial charge < -0.3 is 9.13 Å². The average molecular weight is 561 g/mol. The van der Waals surface area contributed by atoms with E-state index in [0.29, 0.717) is 0 Å². The fraction of sp³-hybridized carbons (Fsp3) is 0. The van der Waals surface area contributed by atoms with Crippen molar-refractivity contribution < 1.29 is 0 Å². The smallest absolute Gasteiger partial charge is 0.0548 e. The number of rotatable bonds is 4. The molecule has 2 heterocycles. The lowest BCUT2D eigenvalue weighted by atomic mass is 10.0. The quantitative estimate of drug-likeness (QED) is 0.203. The molecule has 0 N–H and O–H groups in total. The van der Waals surface area contributed by atoms with E-state index in [9.17, 15) is 0 Å². The maximum atomic E-state index is 2.43. The van der Waals surface area contributed by atoms with Crippen LogP contribution >= 0.6 is 0 Å². The highest BCUT2D eigenvalue weighted by Crippen LogP contribution is 2.40. The summed E-state index contributed by atoms with van der Waals surface area (Å²) < 4.78 is 4.85. The Bertz CT molecular complexity index is 2450. The molecule has 2 aromatic heterocycles. The zero-order chi connectivity index (χ0) is 29.0. The molecule has 0 bridgehead atoms. The summed E-state index contributed by atoms with van der Waals surface area (Å²) in [5, 5.41) is 5.01. The van der Waals surface area contributed by atoms with Crippen LogP contribution in [-0.4, -0.2) is 9.13 Å². The number of hydrogen-bond donors (Lipinski definition) is 0. The Hall–Kier alpha value is -5.86. The Morgan fingerprint density at radius 3 is 1.34 bits per heavy atom. The summed E-state index contributed by atoms with van der Waals surface area (Å²) in [6.45, 7) is 0. The van der Waals surface area contributed by atoms with Crippen molar-refractivity contribution >= 4 is 43.6 Å². The van der Waals surface area contributed by atoms with Crippen molar-refractivity contribution in [1.29, 1.82) is 0 Å². The summed E-state index contributed by atoms with van der Waals surface area (Å²) in [5.41, 5.74) is 12.1. The lowest BCUT2D eigenvalue weighted by Crippen LogP contribution is -1.94. The molecule has 0 radical (unpaired) electrons. The normalized spacial score (nSPS) is 11.6. The lowest BCUT2D eigenvalue weighted by molar-refractivity contribution is 1.17. The molecule has 0 amide bonds. The summed E-state index contributed by atoms with van der Waals surface area (Å²) >= 11 is 0. The second-order valence-electron chi connectivity index (χ2n) is 11.4. The van der Waals surface area contributed by atoms with E-state index >= 15 is 0 Å². The molecule has 2 heteroatoms. The maximum Gasteiger partial charge on any atom is 0.0548 e. The Kier molecular flexibility index (Phi) is 5.54. The number of para-hydroxylation sites is 2. The van der Waals surface area contributed by atoms with Crippen LogP contribution in [0.25, 0.3) is 77.2 Å². The summed E-state index contributed by atoms with van der Waals surface area (Å²) in [7, 11) is 0. The van der Waals surface area contributed by atoms with E-state index in [4.69, 9.17) is 0 Å². The highest BCUT2D eigenvalue weighted by atomic mass is 15.0. The fourth-order valence-electron chi connectivity index (χ4n) is 6.86. The topological polar surface area (TPSA) is 9.86 Å². The van der Waals surface area contributed by atoms with Gasteiger partial charge in [-0.3, -0.25) is 0 Å². The molecule has 0 atom stereocenters. The van der Waals surface area contributed by atoms with Crippen molar-refractivity contribution in [3.8, 4) is 33.6 Å². The van der Waals surface area contributed by atoms with Gasteiger partial charge in [0.15, 0.2) is 0 Å². The van der Waals surface area contributed by atoms with Gasteiger partial charge >= 0.3 is 0 Å². The zero-order valence-corrected chi connectivity index (χ0v) is 24.1. The van der Waals surface area contributed by atoms with Crippen LogP contribution in [-0.2, 0) is 0 Å². The highest BCUT2D eigenvalue weighted by molar-refractivity contribution is 6.19. The van der Waals surface area contributed by atoms with Gasteiger partial charge in [-0.2, -0.15) is 0 Å². The van der Waals surface area contributed by atoms with Crippen LogP contribution in [0.1, 0.15) is 0 Å². The van der Waals surface area contributed by atoms with E-state index in [1.165, 1.54) is 65.9 Å². The molecule has 206 valence electrons. The maximum absolute atomic E-state index is 2.43. The van der Waals surface area contributed by atoms with Crippen molar-refractivity contribution in [2.24, 2.45) is 0 Å². The van der Waals surface area contributed by atoms with Crippen LogP contribution in [0.4, 0.5) is 0 Å². The third-order valence-corrected chi connectivity index (χ3v) is 8.91. The van der Waals surface area contributed by atoms with E-state index in [0.717, 1.165) is 11.4 Å². The molecule has 0 fully saturated rings. The van der Waals surface area contributed by atoms with Crippen LogP contribution in [0.15, 0.2) is 170 Å². The number of aromatic nitrogens is 2.